The number of anilines is 1. The quantitative estimate of drug-likeness (QED) is 0.718. The molecule has 0 radical (unpaired) electrons. The normalized spacial score (nSPS) is 12.5. The third-order valence-electron chi connectivity index (χ3n) is 3.56. The van der Waals surface area contributed by atoms with Gasteiger partial charge < -0.3 is 16.2 Å². The van der Waals surface area contributed by atoms with Gasteiger partial charge in [-0.3, -0.25) is 4.79 Å². The third kappa shape index (κ3) is 3.74. The summed E-state index contributed by atoms with van der Waals surface area (Å²) < 4.78 is 1.05. The van der Waals surface area contributed by atoms with E-state index in [-0.39, 0.29) is 18.4 Å². The number of aryl methyl sites for hydroxylation is 1. The van der Waals surface area contributed by atoms with Crippen molar-refractivity contribution in [1.29, 1.82) is 0 Å². The van der Waals surface area contributed by atoms with E-state index in [1.807, 2.05) is 26.0 Å². The summed E-state index contributed by atoms with van der Waals surface area (Å²) in [5.41, 5.74) is 7.81. The van der Waals surface area contributed by atoms with Crippen LogP contribution >= 0.6 is 11.3 Å². The van der Waals surface area contributed by atoms with Crippen molar-refractivity contribution in [3.05, 3.63) is 28.6 Å². The number of nitrogens with one attached hydrogen (secondary N) is 1. The Kier molecular flexibility index (Phi) is 5.20. The molecule has 0 aliphatic heterocycles. The Labute approximate surface area is 129 Å². The second kappa shape index (κ2) is 6.91. The highest BCUT2D eigenvalue weighted by Gasteiger charge is 2.16. The number of hydrogen-bond donors (Lipinski definition) is 3. The van der Waals surface area contributed by atoms with E-state index in [9.17, 15) is 4.79 Å². The maximum absolute atomic E-state index is 12.2. The van der Waals surface area contributed by atoms with Crippen molar-refractivity contribution in [2.75, 3.05) is 18.9 Å². The van der Waals surface area contributed by atoms with E-state index in [1.165, 1.54) is 11.3 Å². The van der Waals surface area contributed by atoms with Gasteiger partial charge >= 0.3 is 0 Å². The first-order chi connectivity index (χ1) is 10.0. The Bertz CT molecular complexity index is 636. The Hall–Kier alpha value is -1.59. The maximum atomic E-state index is 12.2. The van der Waals surface area contributed by atoms with Crippen LogP contribution in [0.1, 0.15) is 35.0 Å². The van der Waals surface area contributed by atoms with Crippen molar-refractivity contribution in [2.45, 2.75) is 26.7 Å². The smallest absolute Gasteiger partial charge is 0.263 e. The van der Waals surface area contributed by atoms with Gasteiger partial charge in [-0.25, -0.2) is 0 Å². The first kappa shape index (κ1) is 15.8. The van der Waals surface area contributed by atoms with Gasteiger partial charge in [0, 0.05) is 23.2 Å². The largest absolute Gasteiger partial charge is 0.397 e. The number of hydrogen-bond acceptors (Lipinski definition) is 4. The molecule has 4 N–H and O–H groups in total. The van der Waals surface area contributed by atoms with Crippen molar-refractivity contribution >= 4 is 33.0 Å². The Morgan fingerprint density at radius 2 is 2.24 bits per heavy atom. The highest BCUT2D eigenvalue weighted by atomic mass is 32.1. The summed E-state index contributed by atoms with van der Waals surface area (Å²) in [6, 6.07) is 6.02. The lowest BCUT2D eigenvalue weighted by Gasteiger charge is -2.08. The van der Waals surface area contributed by atoms with E-state index in [0.29, 0.717) is 17.1 Å². The molecule has 0 spiro atoms. The number of aliphatic hydroxyl groups excluding tert-OH is 1. The van der Waals surface area contributed by atoms with Gasteiger partial charge in [0.2, 0.25) is 0 Å². The standard InChI is InChI=1S/C16H22N2O2S/c1-10-5-6-12-13(8-10)21-15(14(12)17)16(20)18-7-3-4-11(2)9-19/h5-6,8,11,19H,3-4,7,9,17H2,1-2H3,(H,18,20). The van der Waals surface area contributed by atoms with Crippen molar-refractivity contribution in [3.63, 3.8) is 0 Å². The number of amides is 1. The minimum Gasteiger partial charge on any atom is -0.397 e. The number of carbonyl (C=O) groups is 1. The molecule has 1 aromatic heterocycles. The van der Waals surface area contributed by atoms with E-state index in [1.54, 1.807) is 0 Å². The van der Waals surface area contributed by atoms with E-state index < -0.39 is 0 Å². The minimum absolute atomic E-state index is 0.108. The van der Waals surface area contributed by atoms with Crippen LogP contribution in [0.5, 0.6) is 0 Å². The number of nitrogen functional groups attached to an aromatic ring is 1. The molecule has 0 fully saturated rings. The lowest BCUT2D eigenvalue weighted by Crippen LogP contribution is -2.24. The Morgan fingerprint density at radius 3 is 2.95 bits per heavy atom. The lowest BCUT2D eigenvalue weighted by molar-refractivity contribution is 0.0957. The van der Waals surface area contributed by atoms with E-state index >= 15 is 0 Å². The molecule has 21 heavy (non-hydrogen) atoms. The van der Waals surface area contributed by atoms with Gasteiger partial charge in [0.15, 0.2) is 0 Å². The van der Waals surface area contributed by atoms with Crippen molar-refractivity contribution in [3.8, 4) is 0 Å². The average Bonchev–Trinajstić information content (AvgIpc) is 2.79. The fourth-order valence-electron chi connectivity index (χ4n) is 2.22. The molecule has 2 aromatic rings. The number of fused-ring (bicyclic) bond motifs is 1. The molecule has 114 valence electrons. The van der Waals surface area contributed by atoms with Crippen LogP contribution in [0.15, 0.2) is 18.2 Å². The summed E-state index contributed by atoms with van der Waals surface area (Å²) in [6.45, 7) is 4.82. The molecule has 1 atom stereocenters. The molecule has 0 aliphatic carbocycles. The second-order valence-corrected chi connectivity index (χ2v) is 6.58. The van der Waals surface area contributed by atoms with Crippen LogP contribution in [0.4, 0.5) is 5.69 Å². The fourth-order valence-corrected chi connectivity index (χ4v) is 3.35. The number of benzene rings is 1. The molecule has 5 heteroatoms. The molecule has 1 amide bonds. The molecule has 2 rings (SSSR count). The summed E-state index contributed by atoms with van der Waals surface area (Å²) in [7, 11) is 0. The van der Waals surface area contributed by atoms with Gasteiger partial charge in [0.05, 0.1) is 5.69 Å². The molecule has 0 aliphatic rings. The van der Waals surface area contributed by atoms with Crippen molar-refractivity contribution < 1.29 is 9.90 Å². The van der Waals surface area contributed by atoms with Gasteiger partial charge in [-0.2, -0.15) is 0 Å². The third-order valence-corrected chi connectivity index (χ3v) is 4.73. The SMILES string of the molecule is Cc1ccc2c(N)c(C(=O)NCCCC(C)CO)sc2c1. The predicted molar refractivity (Wildman–Crippen MR) is 88.8 cm³/mol. The highest BCUT2D eigenvalue weighted by molar-refractivity contribution is 7.21. The topological polar surface area (TPSA) is 75.4 Å². The molecule has 1 aromatic carbocycles. The number of rotatable bonds is 6. The van der Waals surface area contributed by atoms with E-state index in [4.69, 9.17) is 10.8 Å². The average molecular weight is 306 g/mol. The maximum Gasteiger partial charge on any atom is 0.263 e. The molecule has 0 saturated carbocycles. The molecular formula is C16H22N2O2S. The molecule has 4 nitrogen and oxygen atoms in total. The Balaban J connectivity index is 2.01. The van der Waals surface area contributed by atoms with Crippen LogP contribution in [-0.4, -0.2) is 24.2 Å². The summed E-state index contributed by atoms with van der Waals surface area (Å²) in [5.74, 6) is 0.169. The monoisotopic (exact) mass is 306 g/mol. The number of carbonyl (C=O) groups excluding carboxylic acids is 1. The van der Waals surface area contributed by atoms with Gasteiger partial charge in [-0.05, 0) is 37.3 Å². The van der Waals surface area contributed by atoms with Crippen LogP contribution in [-0.2, 0) is 0 Å². The number of aliphatic hydroxyl groups is 1. The van der Waals surface area contributed by atoms with E-state index in [2.05, 4.69) is 11.4 Å². The summed E-state index contributed by atoms with van der Waals surface area (Å²) in [5, 5.41) is 12.8. The van der Waals surface area contributed by atoms with Crippen molar-refractivity contribution in [1.82, 2.24) is 5.32 Å². The highest BCUT2D eigenvalue weighted by Crippen LogP contribution is 2.34. The van der Waals surface area contributed by atoms with Crippen molar-refractivity contribution in [2.24, 2.45) is 5.92 Å². The summed E-state index contributed by atoms with van der Waals surface area (Å²) in [4.78, 5) is 12.8. The zero-order chi connectivity index (χ0) is 15.4. The molecule has 0 saturated heterocycles. The van der Waals surface area contributed by atoms with Gasteiger partial charge in [-0.1, -0.05) is 19.1 Å². The zero-order valence-corrected chi connectivity index (χ0v) is 13.3. The summed E-state index contributed by atoms with van der Waals surface area (Å²) >= 11 is 1.44. The van der Waals surface area contributed by atoms with Gasteiger partial charge in [0.1, 0.15) is 4.88 Å². The lowest BCUT2D eigenvalue weighted by atomic mass is 10.1. The van der Waals surface area contributed by atoms with Crippen LogP contribution in [0.2, 0.25) is 0 Å². The Morgan fingerprint density at radius 1 is 1.48 bits per heavy atom. The fraction of sp³-hybridized carbons (Fsp3) is 0.438. The number of thiophene rings is 1. The minimum atomic E-state index is -0.108. The van der Waals surface area contributed by atoms with Crippen LogP contribution in [0, 0.1) is 12.8 Å². The summed E-state index contributed by atoms with van der Waals surface area (Å²) in [6.07, 6.45) is 1.76. The van der Waals surface area contributed by atoms with Crippen LogP contribution in [0.3, 0.4) is 0 Å². The second-order valence-electron chi connectivity index (χ2n) is 5.53. The zero-order valence-electron chi connectivity index (χ0n) is 12.5. The van der Waals surface area contributed by atoms with Gasteiger partial charge in [-0.15, -0.1) is 11.3 Å². The van der Waals surface area contributed by atoms with E-state index in [0.717, 1.165) is 28.5 Å². The van der Waals surface area contributed by atoms with Gasteiger partial charge in [0.25, 0.3) is 5.91 Å². The molecule has 1 unspecified atom stereocenters. The molecule has 0 bridgehead atoms. The first-order valence-electron chi connectivity index (χ1n) is 7.20. The number of nitrogens with two attached hydrogens (primary N) is 1. The van der Waals surface area contributed by atoms with Crippen LogP contribution < -0.4 is 11.1 Å². The first-order valence-corrected chi connectivity index (χ1v) is 8.02. The molecular weight excluding hydrogens is 284 g/mol. The van der Waals surface area contributed by atoms with Crippen LogP contribution in [0.25, 0.3) is 10.1 Å². The predicted octanol–water partition coefficient (Wildman–Crippen LogP) is 2.93. The molecule has 1 heterocycles.